The van der Waals surface area contributed by atoms with E-state index in [0.29, 0.717) is 6.42 Å². The van der Waals surface area contributed by atoms with Crippen LogP contribution in [0.4, 0.5) is 0 Å². The lowest BCUT2D eigenvalue weighted by atomic mass is 9.59. The molecular weight excluding hydrogens is 244 g/mol. The fourth-order valence-corrected chi connectivity index (χ4v) is 3.57. The van der Waals surface area contributed by atoms with Gasteiger partial charge in [0.25, 0.3) is 0 Å². The SMILES string of the molecule is C=C(C(=O)O)C1C=C2C(C)C(O)C(O)C[C@]2(C)CC1. The Labute approximate surface area is 113 Å². The molecule has 0 aromatic heterocycles. The number of carboxylic acid groups (broad SMARTS) is 1. The van der Waals surface area contributed by atoms with E-state index in [-0.39, 0.29) is 22.8 Å². The van der Waals surface area contributed by atoms with Crippen LogP contribution in [-0.4, -0.2) is 33.5 Å². The van der Waals surface area contributed by atoms with E-state index in [9.17, 15) is 15.0 Å². The van der Waals surface area contributed by atoms with Crippen molar-refractivity contribution in [3.8, 4) is 0 Å². The Morgan fingerprint density at radius 1 is 1.47 bits per heavy atom. The summed E-state index contributed by atoms with van der Waals surface area (Å²) >= 11 is 0. The van der Waals surface area contributed by atoms with Crippen LogP contribution >= 0.6 is 0 Å². The van der Waals surface area contributed by atoms with Crippen LogP contribution in [0.15, 0.2) is 23.8 Å². The summed E-state index contributed by atoms with van der Waals surface area (Å²) in [5.74, 6) is -1.27. The van der Waals surface area contributed by atoms with Gasteiger partial charge in [-0.1, -0.05) is 32.1 Å². The van der Waals surface area contributed by atoms with Crippen LogP contribution in [0, 0.1) is 17.3 Å². The average Bonchev–Trinajstić information content (AvgIpc) is 2.35. The number of hydrogen-bond acceptors (Lipinski definition) is 3. The van der Waals surface area contributed by atoms with Crippen molar-refractivity contribution in [2.75, 3.05) is 0 Å². The second-order valence-electron chi connectivity index (χ2n) is 6.21. The molecular formula is C15H22O4. The Morgan fingerprint density at radius 3 is 2.68 bits per heavy atom. The number of aliphatic carboxylic acids is 1. The van der Waals surface area contributed by atoms with Gasteiger partial charge in [0, 0.05) is 17.4 Å². The molecule has 4 unspecified atom stereocenters. The molecule has 4 heteroatoms. The first-order valence-corrected chi connectivity index (χ1v) is 6.76. The van der Waals surface area contributed by atoms with Crippen LogP contribution < -0.4 is 0 Å². The predicted octanol–water partition coefficient (Wildman–Crippen LogP) is 1.73. The van der Waals surface area contributed by atoms with Crippen molar-refractivity contribution in [3.05, 3.63) is 23.8 Å². The molecule has 0 saturated heterocycles. The van der Waals surface area contributed by atoms with Gasteiger partial charge in [-0.3, -0.25) is 0 Å². The fourth-order valence-electron chi connectivity index (χ4n) is 3.57. The number of rotatable bonds is 2. The molecule has 0 radical (unpaired) electrons. The van der Waals surface area contributed by atoms with E-state index in [1.54, 1.807) is 0 Å². The first-order valence-electron chi connectivity index (χ1n) is 6.76. The molecule has 0 aromatic carbocycles. The van der Waals surface area contributed by atoms with E-state index in [0.717, 1.165) is 18.4 Å². The summed E-state index contributed by atoms with van der Waals surface area (Å²) in [7, 11) is 0. The summed E-state index contributed by atoms with van der Waals surface area (Å²) in [6.45, 7) is 7.62. The van der Waals surface area contributed by atoms with Crippen molar-refractivity contribution in [1.29, 1.82) is 0 Å². The van der Waals surface area contributed by atoms with Crippen molar-refractivity contribution >= 4 is 5.97 Å². The minimum atomic E-state index is -0.963. The molecule has 0 aromatic rings. The average molecular weight is 266 g/mol. The Bertz CT molecular complexity index is 439. The zero-order chi connectivity index (χ0) is 14.4. The number of allylic oxidation sites excluding steroid dienone is 1. The van der Waals surface area contributed by atoms with E-state index in [1.807, 2.05) is 13.0 Å². The summed E-state index contributed by atoms with van der Waals surface area (Å²) in [6.07, 6.45) is 2.59. The molecule has 2 rings (SSSR count). The standard InChI is InChI=1S/C15H22O4/c1-8(14(18)19)10-4-5-15(3)7-12(16)13(17)9(2)11(15)6-10/h6,9-10,12-13,16-17H,1,4-5,7H2,2-3H3,(H,18,19)/t9?,10?,12?,13?,15-/m0/s1. The number of carboxylic acids is 1. The van der Waals surface area contributed by atoms with Crippen molar-refractivity contribution in [2.45, 2.75) is 45.3 Å². The molecule has 0 aliphatic heterocycles. The van der Waals surface area contributed by atoms with Gasteiger partial charge in [0.2, 0.25) is 0 Å². The third-order valence-electron chi connectivity index (χ3n) is 4.86. The van der Waals surface area contributed by atoms with Crippen molar-refractivity contribution in [1.82, 2.24) is 0 Å². The van der Waals surface area contributed by atoms with E-state index < -0.39 is 18.2 Å². The maximum atomic E-state index is 11.0. The number of aliphatic hydroxyl groups excluding tert-OH is 2. The Balaban J connectivity index is 2.33. The number of aliphatic hydroxyl groups is 2. The van der Waals surface area contributed by atoms with Crippen molar-refractivity contribution in [2.24, 2.45) is 17.3 Å². The lowest BCUT2D eigenvalue weighted by Crippen LogP contribution is -2.47. The topological polar surface area (TPSA) is 77.8 Å². The normalized spacial score (nSPS) is 42.2. The van der Waals surface area contributed by atoms with Crippen LogP contribution in [0.3, 0.4) is 0 Å². The van der Waals surface area contributed by atoms with Crippen molar-refractivity contribution in [3.63, 3.8) is 0 Å². The summed E-state index contributed by atoms with van der Waals surface area (Å²) in [5, 5.41) is 29.0. The fraction of sp³-hybridized carbons (Fsp3) is 0.667. The minimum Gasteiger partial charge on any atom is -0.478 e. The van der Waals surface area contributed by atoms with E-state index in [4.69, 9.17) is 5.11 Å². The zero-order valence-corrected chi connectivity index (χ0v) is 11.5. The first kappa shape index (κ1) is 14.3. The minimum absolute atomic E-state index is 0.132. The van der Waals surface area contributed by atoms with Gasteiger partial charge in [0.1, 0.15) is 0 Å². The summed E-state index contributed by atoms with van der Waals surface area (Å²) in [4.78, 5) is 11.0. The zero-order valence-electron chi connectivity index (χ0n) is 11.5. The van der Waals surface area contributed by atoms with Gasteiger partial charge < -0.3 is 15.3 Å². The number of hydrogen-bond donors (Lipinski definition) is 3. The van der Waals surface area contributed by atoms with Gasteiger partial charge in [0.05, 0.1) is 12.2 Å². The Morgan fingerprint density at radius 2 is 2.11 bits per heavy atom. The number of carbonyl (C=O) groups is 1. The Kier molecular flexibility index (Phi) is 3.58. The first-order chi connectivity index (χ1) is 8.76. The van der Waals surface area contributed by atoms with E-state index in [2.05, 4.69) is 13.5 Å². The smallest absolute Gasteiger partial charge is 0.331 e. The molecule has 0 amide bonds. The van der Waals surface area contributed by atoms with Gasteiger partial charge in [-0.2, -0.15) is 0 Å². The third-order valence-corrected chi connectivity index (χ3v) is 4.86. The number of fused-ring (bicyclic) bond motifs is 1. The van der Waals surface area contributed by atoms with Crippen LogP contribution in [0.2, 0.25) is 0 Å². The van der Waals surface area contributed by atoms with Crippen LogP contribution in [0.25, 0.3) is 0 Å². The maximum Gasteiger partial charge on any atom is 0.331 e. The molecule has 0 bridgehead atoms. The lowest BCUT2D eigenvalue weighted by molar-refractivity contribution is -0.133. The predicted molar refractivity (Wildman–Crippen MR) is 71.5 cm³/mol. The molecule has 5 atom stereocenters. The van der Waals surface area contributed by atoms with Crippen LogP contribution in [0.1, 0.15) is 33.1 Å². The monoisotopic (exact) mass is 266 g/mol. The quantitative estimate of drug-likeness (QED) is 0.525. The summed E-state index contributed by atoms with van der Waals surface area (Å²) in [5.41, 5.74) is 1.15. The molecule has 3 N–H and O–H groups in total. The lowest BCUT2D eigenvalue weighted by Gasteiger charge is -2.48. The highest BCUT2D eigenvalue weighted by atomic mass is 16.4. The molecule has 0 spiro atoms. The molecule has 2 aliphatic carbocycles. The van der Waals surface area contributed by atoms with Gasteiger partial charge in [-0.25, -0.2) is 4.79 Å². The van der Waals surface area contributed by atoms with Crippen LogP contribution in [-0.2, 0) is 4.79 Å². The van der Waals surface area contributed by atoms with E-state index in [1.165, 1.54) is 0 Å². The highest BCUT2D eigenvalue weighted by molar-refractivity contribution is 5.86. The molecule has 0 heterocycles. The summed E-state index contributed by atoms with van der Waals surface area (Å²) < 4.78 is 0. The molecule has 4 nitrogen and oxygen atoms in total. The highest BCUT2D eigenvalue weighted by Gasteiger charge is 2.46. The van der Waals surface area contributed by atoms with Gasteiger partial charge in [0.15, 0.2) is 0 Å². The maximum absolute atomic E-state index is 11.0. The summed E-state index contributed by atoms with van der Waals surface area (Å²) in [6, 6.07) is 0. The molecule has 1 fully saturated rings. The van der Waals surface area contributed by atoms with E-state index >= 15 is 0 Å². The molecule has 19 heavy (non-hydrogen) atoms. The van der Waals surface area contributed by atoms with Gasteiger partial charge in [-0.15, -0.1) is 0 Å². The van der Waals surface area contributed by atoms with Crippen LogP contribution in [0.5, 0.6) is 0 Å². The molecule has 106 valence electrons. The third kappa shape index (κ3) is 2.35. The Hall–Kier alpha value is -1.13. The van der Waals surface area contributed by atoms with Gasteiger partial charge in [-0.05, 0) is 24.7 Å². The highest BCUT2D eigenvalue weighted by Crippen LogP contribution is 2.51. The van der Waals surface area contributed by atoms with Crippen molar-refractivity contribution < 1.29 is 20.1 Å². The largest absolute Gasteiger partial charge is 0.478 e. The second kappa shape index (κ2) is 4.76. The van der Waals surface area contributed by atoms with Gasteiger partial charge >= 0.3 is 5.97 Å². The second-order valence-corrected chi connectivity index (χ2v) is 6.21. The molecule has 2 aliphatic rings. The molecule has 1 saturated carbocycles.